The Bertz CT molecular complexity index is 395. The first-order valence-corrected chi connectivity index (χ1v) is 8.52. The van der Waals surface area contributed by atoms with Crippen molar-refractivity contribution in [1.82, 2.24) is 15.2 Å². The Morgan fingerprint density at radius 3 is 2.86 bits per heavy atom. The summed E-state index contributed by atoms with van der Waals surface area (Å²) in [6, 6.07) is 2.28. The van der Waals surface area contributed by atoms with Crippen molar-refractivity contribution in [1.29, 1.82) is 5.26 Å². The molecule has 2 rings (SSSR count). The monoisotopic (exact) mass is 313 g/mol. The van der Waals surface area contributed by atoms with Crippen LogP contribution < -0.4 is 10.6 Å². The quantitative estimate of drug-likeness (QED) is 0.619. The van der Waals surface area contributed by atoms with Gasteiger partial charge < -0.3 is 10.1 Å². The Kier molecular flexibility index (Phi) is 6.26. The van der Waals surface area contributed by atoms with E-state index >= 15 is 0 Å². The first-order chi connectivity index (χ1) is 10.1. The van der Waals surface area contributed by atoms with Gasteiger partial charge in [0.25, 0.3) is 0 Å². The number of nitrogens with one attached hydrogen (secondary N) is 2. The average Bonchev–Trinajstić information content (AvgIpc) is 2.94. The van der Waals surface area contributed by atoms with Gasteiger partial charge in [0.1, 0.15) is 12.1 Å². The predicted molar refractivity (Wildman–Crippen MR) is 81.0 cm³/mol. The summed E-state index contributed by atoms with van der Waals surface area (Å²) >= 11 is 1.76. The minimum atomic E-state index is -0.0225. The van der Waals surface area contributed by atoms with Gasteiger partial charge in [0.2, 0.25) is 5.91 Å². The van der Waals surface area contributed by atoms with E-state index in [2.05, 4.69) is 16.4 Å². The van der Waals surface area contributed by atoms with Crippen LogP contribution in [0.3, 0.4) is 0 Å². The molecular formula is C13H23N5O2S. The third-order valence-electron chi connectivity index (χ3n) is 4.13. The number of hydrogen-bond donors (Lipinski definition) is 2. The Hall–Kier alpha value is -0.850. The van der Waals surface area contributed by atoms with E-state index < -0.39 is 0 Å². The second kappa shape index (κ2) is 7.96. The maximum absolute atomic E-state index is 12.1. The number of amides is 1. The molecule has 0 bridgehead atoms. The lowest BCUT2D eigenvalue weighted by Gasteiger charge is -2.37. The Labute approximate surface area is 129 Å². The normalized spacial score (nSPS) is 25.8. The highest BCUT2D eigenvalue weighted by molar-refractivity contribution is 7.99. The van der Waals surface area contributed by atoms with Crippen LogP contribution in [0.1, 0.15) is 19.8 Å². The van der Waals surface area contributed by atoms with Crippen molar-refractivity contribution in [2.45, 2.75) is 31.8 Å². The van der Waals surface area contributed by atoms with E-state index in [0.29, 0.717) is 19.6 Å². The van der Waals surface area contributed by atoms with E-state index in [9.17, 15) is 10.0 Å². The molecule has 0 spiro atoms. The molecule has 2 aliphatic rings. The molecule has 2 atom stereocenters. The number of rotatable bonds is 5. The van der Waals surface area contributed by atoms with Crippen molar-refractivity contribution >= 4 is 17.7 Å². The number of carbonyl (C=O) groups excluding carboxylic acids is 1. The molecule has 2 fully saturated rings. The lowest BCUT2D eigenvalue weighted by atomic mass is 10.1. The molecule has 0 aromatic rings. The minimum absolute atomic E-state index is 0.0142. The number of hydroxylamine groups is 1. The van der Waals surface area contributed by atoms with Crippen LogP contribution in [0.2, 0.25) is 0 Å². The number of thioether (sulfide) groups is 1. The zero-order chi connectivity index (χ0) is 15.2. The number of nitriles is 1. The number of hydrogen-bond acceptors (Lipinski definition) is 6. The summed E-state index contributed by atoms with van der Waals surface area (Å²) in [6.45, 7) is 4.23. The SMILES string of the molecule is CC(=O)N1CCC([NH+]([O-])NCCN2CSCC2C#N)CC1. The van der Waals surface area contributed by atoms with Gasteiger partial charge in [0, 0.05) is 51.0 Å². The van der Waals surface area contributed by atoms with Gasteiger partial charge in [-0.2, -0.15) is 10.7 Å². The summed E-state index contributed by atoms with van der Waals surface area (Å²) in [5, 5.41) is 21.2. The zero-order valence-electron chi connectivity index (χ0n) is 12.4. The van der Waals surface area contributed by atoms with Crippen molar-refractivity contribution in [2.75, 3.05) is 37.8 Å². The van der Waals surface area contributed by atoms with Crippen LogP contribution in [0, 0.1) is 16.5 Å². The van der Waals surface area contributed by atoms with E-state index in [-0.39, 0.29) is 23.2 Å². The number of piperidine rings is 1. The summed E-state index contributed by atoms with van der Waals surface area (Å²) in [5.41, 5.74) is 2.97. The van der Waals surface area contributed by atoms with E-state index in [1.165, 1.54) is 0 Å². The zero-order valence-corrected chi connectivity index (χ0v) is 13.2. The fourth-order valence-electron chi connectivity index (χ4n) is 2.74. The van der Waals surface area contributed by atoms with Crippen LogP contribution >= 0.6 is 11.8 Å². The Morgan fingerprint density at radius 2 is 2.24 bits per heavy atom. The van der Waals surface area contributed by atoms with E-state index in [1.54, 1.807) is 23.6 Å². The number of quaternary nitrogens is 1. The summed E-state index contributed by atoms with van der Waals surface area (Å²) in [5.74, 6) is 1.81. The number of likely N-dealkylation sites (tertiary alicyclic amines) is 1. The summed E-state index contributed by atoms with van der Waals surface area (Å²) in [6.07, 6.45) is 1.48. The molecule has 0 radical (unpaired) electrons. The highest BCUT2D eigenvalue weighted by Crippen LogP contribution is 2.19. The minimum Gasteiger partial charge on any atom is -0.613 e. The predicted octanol–water partition coefficient (Wildman–Crippen LogP) is -1.22. The molecule has 0 aromatic carbocycles. The molecule has 0 saturated carbocycles. The van der Waals surface area contributed by atoms with Crippen molar-refractivity contribution in [3.63, 3.8) is 0 Å². The van der Waals surface area contributed by atoms with Gasteiger partial charge in [-0.3, -0.25) is 14.9 Å². The van der Waals surface area contributed by atoms with E-state index in [1.807, 2.05) is 0 Å². The Morgan fingerprint density at radius 1 is 1.52 bits per heavy atom. The van der Waals surface area contributed by atoms with Gasteiger partial charge in [-0.15, -0.1) is 11.8 Å². The molecule has 0 aromatic heterocycles. The highest BCUT2D eigenvalue weighted by Gasteiger charge is 2.26. The van der Waals surface area contributed by atoms with Crippen LogP contribution in [-0.4, -0.2) is 65.6 Å². The van der Waals surface area contributed by atoms with E-state index in [4.69, 9.17) is 5.26 Å². The maximum Gasteiger partial charge on any atom is 0.219 e. The molecule has 2 heterocycles. The molecule has 21 heavy (non-hydrogen) atoms. The standard InChI is InChI=1S/C13H23N5O2S/c1-11(19)16-5-2-12(3-6-16)18(20)15-4-7-17-10-21-9-13(17)8-14/h12-13,15,18H,2-7,9-10H2,1H3. The van der Waals surface area contributed by atoms with Crippen molar-refractivity contribution < 1.29 is 9.97 Å². The summed E-state index contributed by atoms with van der Waals surface area (Å²) in [7, 11) is 0. The van der Waals surface area contributed by atoms with Crippen molar-refractivity contribution in [3.8, 4) is 6.07 Å². The van der Waals surface area contributed by atoms with Gasteiger partial charge in [-0.1, -0.05) is 0 Å². The van der Waals surface area contributed by atoms with Crippen molar-refractivity contribution in [2.24, 2.45) is 0 Å². The summed E-state index contributed by atoms with van der Waals surface area (Å²) < 4.78 is 0. The van der Waals surface area contributed by atoms with Crippen LogP contribution in [0.15, 0.2) is 0 Å². The second-order valence-electron chi connectivity index (χ2n) is 5.53. The van der Waals surface area contributed by atoms with E-state index in [0.717, 1.165) is 31.0 Å². The molecule has 0 aliphatic carbocycles. The lowest BCUT2D eigenvalue weighted by molar-refractivity contribution is -0.922. The highest BCUT2D eigenvalue weighted by atomic mass is 32.2. The van der Waals surface area contributed by atoms with Crippen LogP contribution in [-0.2, 0) is 4.79 Å². The first-order valence-electron chi connectivity index (χ1n) is 7.36. The third-order valence-corrected chi connectivity index (χ3v) is 5.20. The van der Waals surface area contributed by atoms with Gasteiger partial charge in [0.15, 0.2) is 0 Å². The molecule has 2 N–H and O–H groups in total. The molecular weight excluding hydrogens is 290 g/mol. The number of nitrogens with zero attached hydrogens (tertiary/aromatic N) is 3. The third kappa shape index (κ3) is 4.56. The van der Waals surface area contributed by atoms with Gasteiger partial charge in [0.05, 0.1) is 12.6 Å². The Balaban J connectivity index is 1.65. The first kappa shape index (κ1) is 16.5. The van der Waals surface area contributed by atoms with Crippen LogP contribution in [0.25, 0.3) is 0 Å². The smallest absolute Gasteiger partial charge is 0.219 e. The molecule has 2 saturated heterocycles. The lowest BCUT2D eigenvalue weighted by Crippen LogP contribution is -3.18. The topological polar surface area (TPSA) is 86.9 Å². The van der Waals surface area contributed by atoms with Crippen molar-refractivity contribution in [3.05, 3.63) is 5.21 Å². The van der Waals surface area contributed by atoms with Gasteiger partial charge in [-0.05, 0) is 0 Å². The molecule has 2 aliphatic heterocycles. The molecule has 118 valence electrons. The maximum atomic E-state index is 12.1. The van der Waals surface area contributed by atoms with Gasteiger partial charge >= 0.3 is 0 Å². The fourth-order valence-corrected chi connectivity index (χ4v) is 3.90. The van der Waals surface area contributed by atoms with Crippen LogP contribution in [0.4, 0.5) is 0 Å². The molecule has 2 unspecified atom stereocenters. The van der Waals surface area contributed by atoms with Crippen LogP contribution in [0.5, 0.6) is 0 Å². The number of carbonyl (C=O) groups is 1. The second-order valence-corrected chi connectivity index (χ2v) is 6.53. The average molecular weight is 313 g/mol. The fraction of sp³-hybridized carbons (Fsp3) is 0.846. The molecule has 7 nitrogen and oxygen atoms in total. The molecule has 8 heteroatoms. The van der Waals surface area contributed by atoms with Gasteiger partial charge in [-0.25, -0.2) is 0 Å². The summed E-state index contributed by atoms with van der Waals surface area (Å²) in [4.78, 5) is 15.1. The molecule has 1 amide bonds. The largest absolute Gasteiger partial charge is 0.613 e.